The molecule has 5 rings (SSSR count). The van der Waals surface area contributed by atoms with Crippen LogP contribution in [0.25, 0.3) is 10.9 Å². The third kappa shape index (κ3) is 4.82. The van der Waals surface area contributed by atoms with Crippen molar-refractivity contribution in [2.45, 2.75) is 57.4 Å². The lowest BCUT2D eigenvalue weighted by molar-refractivity contribution is -0.131. The Morgan fingerprint density at radius 2 is 1.88 bits per heavy atom. The number of likely N-dealkylation sites (tertiary alicyclic amines) is 1. The van der Waals surface area contributed by atoms with E-state index in [1.165, 1.54) is 12.8 Å². The fourth-order valence-corrected chi connectivity index (χ4v) is 5.42. The minimum atomic E-state index is 0.0105. The largest absolute Gasteiger partial charge is 0.361 e. The topological polar surface area (TPSA) is 83.0 Å². The molecule has 174 valence electrons. The van der Waals surface area contributed by atoms with Gasteiger partial charge in [-0.05, 0) is 49.7 Å². The number of nitrogens with zero attached hydrogens (tertiary/aromatic N) is 3. The van der Waals surface area contributed by atoms with Gasteiger partial charge >= 0.3 is 0 Å². The Labute approximate surface area is 194 Å². The number of carbonyl (C=O) groups excluding carboxylic acids is 2. The number of aromatic amines is 1. The lowest BCUT2D eigenvalue weighted by Crippen LogP contribution is -2.40. The number of para-hydroxylation sites is 1. The third-order valence-corrected chi connectivity index (χ3v) is 7.31. The fraction of sp³-hybridized carbons (Fsp3) is 0.500. The van der Waals surface area contributed by atoms with Crippen LogP contribution in [0.1, 0.15) is 60.1 Å². The fourth-order valence-electron chi connectivity index (χ4n) is 5.42. The summed E-state index contributed by atoms with van der Waals surface area (Å²) in [6, 6.07) is 8.41. The van der Waals surface area contributed by atoms with E-state index < -0.39 is 0 Å². The first kappa shape index (κ1) is 21.7. The summed E-state index contributed by atoms with van der Waals surface area (Å²) in [6.07, 6.45) is 11.5. The summed E-state index contributed by atoms with van der Waals surface area (Å²) in [7, 11) is 1.88. The molecule has 2 aromatic heterocycles. The number of fused-ring (bicyclic) bond motifs is 1. The van der Waals surface area contributed by atoms with Crippen LogP contribution in [0.3, 0.4) is 0 Å². The summed E-state index contributed by atoms with van der Waals surface area (Å²) in [5.41, 5.74) is 3.73. The van der Waals surface area contributed by atoms with Gasteiger partial charge in [-0.25, -0.2) is 0 Å². The van der Waals surface area contributed by atoms with Crippen molar-refractivity contribution in [2.24, 2.45) is 13.0 Å². The Kier molecular flexibility index (Phi) is 6.20. The number of aromatic nitrogens is 3. The molecule has 2 fully saturated rings. The molecule has 0 radical (unpaired) electrons. The van der Waals surface area contributed by atoms with E-state index in [1.54, 1.807) is 4.68 Å². The van der Waals surface area contributed by atoms with E-state index in [9.17, 15) is 9.59 Å². The monoisotopic (exact) mass is 447 g/mol. The lowest BCUT2D eigenvalue weighted by atomic mass is 9.90. The highest BCUT2D eigenvalue weighted by Crippen LogP contribution is 2.25. The molecule has 33 heavy (non-hydrogen) atoms. The maximum Gasteiger partial charge on any atom is 0.254 e. The van der Waals surface area contributed by atoms with Crippen LogP contribution in [0.4, 0.5) is 0 Å². The standard InChI is InChI=1S/C26H33N5O2/c1-30-17-22(26(33)28-20-6-2-3-7-20)24(29-30)14-18-10-12-31(13-11-18)25(32)15-19-16-27-23-9-5-4-8-21(19)23/h4-5,8-9,16-18,20,27H,2-3,6-7,10-15H2,1H3,(H,28,33). The zero-order valence-corrected chi connectivity index (χ0v) is 19.3. The molecule has 7 nitrogen and oxygen atoms in total. The number of piperidine rings is 1. The molecule has 1 aliphatic heterocycles. The average Bonchev–Trinajstić information content (AvgIpc) is 3.55. The number of H-pyrrole nitrogens is 1. The van der Waals surface area contributed by atoms with E-state index in [0.29, 0.717) is 23.9 Å². The first-order valence-electron chi connectivity index (χ1n) is 12.2. The molecule has 0 atom stereocenters. The van der Waals surface area contributed by atoms with E-state index in [-0.39, 0.29) is 11.8 Å². The molecule has 2 aliphatic rings. The number of benzene rings is 1. The number of hydrogen-bond donors (Lipinski definition) is 2. The van der Waals surface area contributed by atoms with Crippen LogP contribution < -0.4 is 5.32 Å². The zero-order valence-electron chi connectivity index (χ0n) is 19.3. The minimum absolute atomic E-state index is 0.0105. The van der Waals surface area contributed by atoms with E-state index in [4.69, 9.17) is 0 Å². The molecule has 1 saturated carbocycles. The Hall–Kier alpha value is -3.09. The summed E-state index contributed by atoms with van der Waals surface area (Å²) >= 11 is 0. The second kappa shape index (κ2) is 9.41. The normalized spacial score (nSPS) is 17.7. The first-order valence-corrected chi connectivity index (χ1v) is 12.2. The van der Waals surface area contributed by atoms with E-state index >= 15 is 0 Å². The molecule has 2 N–H and O–H groups in total. The molecule has 2 amide bonds. The Balaban J connectivity index is 1.16. The maximum absolute atomic E-state index is 12.9. The molecule has 0 unspecified atom stereocenters. The third-order valence-electron chi connectivity index (χ3n) is 7.31. The van der Waals surface area contributed by atoms with Crippen molar-refractivity contribution in [1.29, 1.82) is 0 Å². The van der Waals surface area contributed by atoms with Crippen LogP contribution >= 0.6 is 0 Å². The van der Waals surface area contributed by atoms with Gasteiger partial charge in [-0.1, -0.05) is 31.0 Å². The molecule has 1 aliphatic carbocycles. The van der Waals surface area contributed by atoms with Gasteiger partial charge in [0.2, 0.25) is 5.91 Å². The van der Waals surface area contributed by atoms with Gasteiger partial charge in [0.05, 0.1) is 17.7 Å². The Morgan fingerprint density at radius 3 is 2.67 bits per heavy atom. The quantitative estimate of drug-likeness (QED) is 0.606. The SMILES string of the molecule is Cn1cc(C(=O)NC2CCCC2)c(CC2CCN(C(=O)Cc3c[nH]c4ccccc34)CC2)n1. The molecular weight excluding hydrogens is 414 g/mol. The van der Waals surface area contributed by atoms with Crippen molar-refractivity contribution >= 4 is 22.7 Å². The molecule has 3 aromatic rings. The average molecular weight is 448 g/mol. The molecule has 1 aromatic carbocycles. The van der Waals surface area contributed by atoms with Crippen LogP contribution in [0.5, 0.6) is 0 Å². The number of rotatable bonds is 6. The van der Waals surface area contributed by atoms with Crippen LogP contribution in [-0.4, -0.2) is 50.6 Å². The number of nitrogens with one attached hydrogen (secondary N) is 2. The number of aryl methyl sites for hydroxylation is 1. The van der Waals surface area contributed by atoms with Gasteiger partial charge in [-0.2, -0.15) is 5.10 Å². The van der Waals surface area contributed by atoms with Crippen LogP contribution in [0.15, 0.2) is 36.7 Å². The van der Waals surface area contributed by atoms with Crippen molar-refractivity contribution in [1.82, 2.24) is 25.0 Å². The summed E-state index contributed by atoms with van der Waals surface area (Å²) in [4.78, 5) is 31.0. The van der Waals surface area contributed by atoms with Gasteiger partial charge in [-0.15, -0.1) is 0 Å². The summed E-state index contributed by atoms with van der Waals surface area (Å²) in [5, 5.41) is 8.92. The highest BCUT2D eigenvalue weighted by atomic mass is 16.2. The molecule has 0 spiro atoms. The van der Waals surface area contributed by atoms with E-state index in [0.717, 1.165) is 67.4 Å². The van der Waals surface area contributed by atoms with Crippen LogP contribution in [0.2, 0.25) is 0 Å². The maximum atomic E-state index is 12.9. The number of hydrogen-bond acceptors (Lipinski definition) is 3. The Morgan fingerprint density at radius 1 is 1.12 bits per heavy atom. The van der Waals surface area contributed by atoms with Gasteiger partial charge in [-0.3, -0.25) is 14.3 Å². The summed E-state index contributed by atoms with van der Waals surface area (Å²) < 4.78 is 1.75. The second-order valence-corrected chi connectivity index (χ2v) is 9.68. The predicted molar refractivity (Wildman–Crippen MR) is 128 cm³/mol. The van der Waals surface area contributed by atoms with Gasteiger partial charge in [0, 0.05) is 49.5 Å². The van der Waals surface area contributed by atoms with Crippen LogP contribution in [-0.2, 0) is 24.7 Å². The second-order valence-electron chi connectivity index (χ2n) is 9.68. The van der Waals surface area contributed by atoms with Crippen molar-refractivity contribution in [3.05, 3.63) is 53.5 Å². The molecule has 7 heteroatoms. The molecule has 3 heterocycles. The van der Waals surface area contributed by atoms with Crippen molar-refractivity contribution in [2.75, 3.05) is 13.1 Å². The lowest BCUT2D eigenvalue weighted by Gasteiger charge is -2.32. The summed E-state index contributed by atoms with van der Waals surface area (Å²) in [6.45, 7) is 1.53. The van der Waals surface area contributed by atoms with Crippen molar-refractivity contribution < 1.29 is 9.59 Å². The Bertz CT molecular complexity index is 1130. The van der Waals surface area contributed by atoms with Gasteiger partial charge < -0.3 is 15.2 Å². The smallest absolute Gasteiger partial charge is 0.254 e. The first-order chi connectivity index (χ1) is 16.1. The number of carbonyl (C=O) groups is 2. The minimum Gasteiger partial charge on any atom is -0.361 e. The highest BCUT2D eigenvalue weighted by Gasteiger charge is 2.27. The summed E-state index contributed by atoms with van der Waals surface area (Å²) in [5.74, 6) is 0.638. The van der Waals surface area contributed by atoms with Crippen molar-refractivity contribution in [3.8, 4) is 0 Å². The van der Waals surface area contributed by atoms with E-state index in [1.807, 2.05) is 42.5 Å². The molecule has 1 saturated heterocycles. The van der Waals surface area contributed by atoms with Crippen LogP contribution in [0, 0.1) is 5.92 Å². The molecular formula is C26H33N5O2. The predicted octanol–water partition coefficient (Wildman–Crippen LogP) is 3.60. The zero-order chi connectivity index (χ0) is 22.8. The van der Waals surface area contributed by atoms with Gasteiger partial charge in [0.15, 0.2) is 0 Å². The number of amides is 2. The van der Waals surface area contributed by atoms with Crippen molar-refractivity contribution in [3.63, 3.8) is 0 Å². The van der Waals surface area contributed by atoms with Gasteiger partial charge in [0.25, 0.3) is 5.91 Å². The van der Waals surface area contributed by atoms with E-state index in [2.05, 4.69) is 21.5 Å². The van der Waals surface area contributed by atoms with Gasteiger partial charge in [0.1, 0.15) is 0 Å². The highest BCUT2D eigenvalue weighted by molar-refractivity contribution is 5.95. The molecule has 0 bridgehead atoms.